The summed E-state index contributed by atoms with van der Waals surface area (Å²) in [6, 6.07) is 6.24. The first-order valence-electron chi connectivity index (χ1n) is 9.63. The van der Waals surface area contributed by atoms with Crippen molar-refractivity contribution < 1.29 is 0 Å². The third-order valence-corrected chi connectivity index (χ3v) is 4.46. The fourth-order valence-corrected chi connectivity index (χ4v) is 2.71. The van der Waals surface area contributed by atoms with E-state index in [1.807, 2.05) is 6.07 Å². The van der Waals surface area contributed by atoms with Crippen LogP contribution in [0.1, 0.15) is 107 Å². The summed E-state index contributed by atoms with van der Waals surface area (Å²) in [5, 5.41) is 0.827. The molecule has 25 heavy (non-hydrogen) atoms. The summed E-state index contributed by atoms with van der Waals surface area (Å²) < 4.78 is 0. The molecule has 0 heterocycles. The van der Waals surface area contributed by atoms with Crippen LogP contribution in [0.2, 0.25) is 5.02 Å². The van der Waals surface area contributed by atoms with E-state index in [0.717, 1.165) is 5.02 Å². The van der Waals surface area contributed by atoms with Crippen LogP contribution in [0.15, 0.2) is 18.2 Å². The average molecular weight is 367 g/mol. The third kappa shape index (κ3) is 11.0. The van der Waals surface area contributed by atoms with Gasteiger partial charge in [0.1, 0.15) is 0 Å². The first kappa shape index (κ1) is 24.5. The van der Waals surface area contributed by atoms with Crippen molar-refractivity contribution in [2.75, 3.05) is 0 Å². The number of rotatable bonds is 1. The van der Waals surface area contributed by atoms with E-state index in [4.69, 9.17) is 11.6 Å². The van der Waals surface area contributed by atoms with Crippen LogP contribution < -0.4 is 0 Å². The van der Waals surface area contributed by atoms with E-state index < -0.39 is 0 Å². The standard InChI is InChI=1S/C14H21Cl.C10H22/c1-13(2,3)11-8-7-10(15)9-12(11)14(4,5)6;1-9(2,3)7-8-10(4,5)6/h7-9H,1-6H3;7-8H2,1-6H3. The SMILES string of the molecule is CC(C)(C)CCC(C)(C)C.CC(C)(C)c1ccc(Cl)cc1C(C)(C)C. The molecule has 0 N–H and O–H groups in total. The van der Waals surface area contributed by atoms with Gasteiger partial charge in [-0.15, -0.1) is 0 Å². The molecule has 0 aliphatic rings. The highest BCUT2D eigenvalue weighted by Gasteiger charge is 2.24. The van der Waals surface area contributed by atoms with E-state index in [1.54, 1.807) is 0 Å². The molecular formula is C24H43Cl. The average Bonchev–Trinajstić information content (AvgIpc) is 2.33. The number of hydrogen-bond acceptors (Lipinski definition) is 0. The van der Waals surface area contributed by atoms with Gasteiger partial charge in [-0.3, -0.25) is 0 Å². The zero-order chi connectivity index (χ0) is 20.3. The second-order valence-corrected chi connectivity index (χ2v) is 12.2. The minimum atomic E-state index is 0.146. The monoisotopic (exact) mass is 366 g/mol. The van der Waals surface area contributed by atoms with Crippen LogP contribution >= 0.6 is 11.6 Å². The maximum Gasteiger partial charge on any atom is 0.0409 e. The molecule has 0 aliphatic heterocycles. The maximum absolute atomic E-state index is 6.07. The lowest BCUT2D eigenvalue weighted by atomic mass is 9.75. The van der Waals surface area contributed by atoms with Gasteiger partial charge in [0.05, 0.1) is 0 Å². The second kappa shape index (κ2) is 8.47. The van der Waals surface area contributed by atoms with Crippen molar-refractivity contribution >= 4 is 11.6 Å². The third-order valence-electron chi connectivity index (χ3n) is 4.22. The Hall–Kier alpha value is -0.490. The van der Waals surface area contributed by atoms with Crippen LogP contribution in [-0.2, 0) is 10.8 Å². The highest BCUT2D eigenvalue weighted by Crippen LogP contribution is 2.35. The lowest BCUT2D eigenvalue weighted by molar-refractivity contribution is 0.275. The van der Waals surface area contributed by atoms with Crippen LogP contribution in [0, 0.1) is 10.8 Å². The van der Waals surface area contributed by atoms with Crippen molar-refractivity contribution in [3.63, 3.8) is 0 Å². The van der Waals surface area contributed by atoms with Gasteiger partial charge >= 0.3 is 0 Å². The van der Waals surface area contributed by atoms with Gasteiger partial charge in [-0.25, -0.2) is 0 Å². The molecule has 0 saturated heterocycles. The Morgan fingerprint density at radius 3 is 1.24 bits per heavy atom. The molecule has 1 heteroatoms. The van der Waals surface area contributed by atoms with Gasteiger partial charge in [0.25, 0.3) is 0 Å². The van der Waals surface area contributed by atoms with E-state index >= 15 is 0 Å². The fraction of sp³-hybridized carbons (Fsp3) is 0.750. The van der Waals surface area contributed by atoms with Crippen molar-refractivity contribution in [1.29, 1.82) is 0 Å². The van der Waals surface area contributed by atoms with Crippen molar-refractivity contribution in [2.24, 2.45) is 10.8 Å². The molecule has 0 aliphatic carbocycles. The van der Waals surface area contributed by atoms with Crippen molar-refractivity contribution in [2.45, 2.75) is 107 Å². The normalized spacial score (nSPS) is 13.3. The first-order chi connectivity index (χ1) is 10.8. The number of halogens is 1. The summed E-state index contributed by atoms with van der Waals surface area (Å²) in [4.78, 5) is 0. The molecule has 0 radical (unpaired) electrons. The lowest BCUT2D eigenvalue weighted by Gasteiger charge is -2.30. The molecule has 0 aromatic heterocycles. The Morgan fingerprint density at radius 1 is 0.600 bits per heavy atom. The lowest BCUT2D eigenvalue weighted by Crippen LogP contribution is -2.21. The highest BCUT2D eigenvalue weighted by atomic mass is 35.5. The summed E-state index contributed by atoms with van der Waals surface area (Å²) in [5.74, 6) is 0. The smallest absolute Gasteiger partial charge is 0.0409 e. The van der Waals surface area contributed by atoms with Crippen LogP contribution in [0.3, 0.4) is 0 Å². The van der Waals surface area contributed by atoms with E-state index in [2.05, 4.69) is 95.2 Å². The highest BCUT2D eigenvalue weighted by molar-refractivity contribution is 6.30. The van der Waals surface area contributed by atoms with E-state index in [0.29, 0.717) is 10.8 Å². The van der Waals surface area contributed by atoms with Crippen molar-refractivity contribution in [3.05, 3.63) is 34.3 Å². The molecule has 0 amide bonds. The summed E-state index contributed by atoms with van der Waals surface area (Å²) in [6.45, 7) is 27.2. The summed E-state index contributed by atoms with van der Waals surface area (Å²) in [5.41, 5.74) is 4.07. The second-order valence-electron chi connectivity index (χ2n) is 11.8. The number of benzene rings is 1. The Morgan fingerprint density at radius 2 is 0.960 bits per heavy atom. The minimum absolute atomic E-state index is 0.146. The minimum Gasteiger partial charge on any atom is -0.0843 e. The van der Waals surface area contributed by atoms with Gasteiger partial charge in [-0.1, -0.05) is 101 Å². The van der Waals surface area contributed by atoms with Gasteiger partial charge in [-0.05, 0) is 57.8 Å². The molecule has 146 valence electrons. The van der Waals surface area contributed by atoms with Gasteiger partial charge in [0.2, 0.25) is 0 Å². The zero-order valence-electron chi connectivity index (χ0n) is 19.0. The summed E-state index contributed by atoms with van der Waals surface area (Å²) in [7, 11) is 0. The molecule has 0 spiro atoms. The van der Waals surface area contributed by atoms with E-state index in [1.165, 1.54) is 24.0 Å². The largest absolute Gasteiger partial charge is 0.0843 e. The Labute approximate surface area is 163 Å². The number of hydrogen-bond donors (Lipinski definition) is 0. The van der Waals surface area contributed by atoms with Crippen molar-refractivity contribution in [3.8, 4) is 0 Å². The van der Waals surface area contributed by atoms with Crippen LogP contribution in [0.25, 0.3) is 0 Å². The maximum atomic E-state index is 6.07. The molecular weight excluding hydrogens is 324 g/mol. The fourth-order valence-electron chi connectivity index (χ4n) is 2.54. The molecule has 0 unspecified atom stereocenters. The predicted molar refractivity (Wildman–Crippen MR) is 117 cm³/mol. The summed E-state index contributed by atoms with van der Waals surface area (Å²) >= 11 is 6.07. The van der Waals surface area contributed by atoms with Crippen LogP contribution in [-0.4, -0.2) is 0 Å². The molecule has 0 atom stereocenters. The molecule has 0 saturated carbocycles. The Bertz CT molecular complexity index is 511. The Kier molecular flexibility index (Phi) is 8.30. The van der Waals surface area contributed by atoms with Gasteiger partial charge < -0.3 is 0 Å². The summed E-state index contributed by atoms with van der Waals surface area (Å²) in [6.07, 6.45) is 2.66. The van der Waals surface area contributed by atoms with Gasteiger partial charge in [-0.2, -0.15) is 0 Å². The topological polar surface area (TPSA) is 0 Å². The van der Waals surface area contributed by atoms with Crippen molar-refractivity contribution in [1.82, 2.24) is 0 Å². The molecule has 1 rings (SSSR count). The molecule has 0 fully saturated rings. The molecule has 1 aromatic rings. The quantitative estimate of drug-likeness (QED) is 0.465. The van der Waals surface area contributed by atoms with Crippen LogP contribution in [0.5, 0.6) is 0 Å². The molecule has 0 bridgehead atoms. The molecule has 1 aromatic carbocycles. The van der Waals surface area contributed by atoms with E-state index in [-0.39, 0.29) is 10.8 Å². The first-order valence-corrected chi connectivity index (χ1v) is 10.0. The van der Waals surface area contributed by atoms with Gasteiger partial charge in [0.15, 0.2) is 0 Å². The van der Waals surface area contributed by atoms with Gasteiger partial charge in [0, 0.05) is 5.02 Å². The zero-order valence-corrected chi connectivity index (χ0v) is 19.8. The Balaban J connectivity index is 0.000000504. The predicted octanol–water partition coefficient (Wildman–Crippen LogP) is 8.79. The van der Waals surface area contributed by atoms with Crippen LogP contribution in [0.4, 0.5) is 0 Å². The molecule has 0 nitrogen and oxygen atoms in total. The van der Waals surface area contributed by atoms with E-state index in [9.17, 15) is 0 Å².